The molecule has 3 aromatic rings. The van der Waals surface area contributed by atoms with Crippen molar-refractivity contribution in [2.45, 2.75) is 6.42 Å². The lowest BCUT2D eigenvalue weighted by molar-refractivity contribution is 0.326. The van der Waals surface area contributed by atoms with E-state index in [4.69, 9.17) is 10.5 Å². The third-order valence-corrected chi connectivity index (χ3v) is 3.29. The van der Waals surface area contributed by atoms with Crippen LogP contribution in [0.3, 0.4) is 0 Å². The number of nitrogen functional groups attached to an aromatic ring is 1. The molecule has 0 radical (unpaired) electrons. The van der Waals surface area contributed by atoms with E-state index in [1.54, 1.807) is 6.20 Å². The lowest BCUT2D eigenvalue weighted by atomic mass is 10.1. The van der Waals surface area contributed by atoms with Crippen LogP contribution in [-0.2, 0) is 6.42 Å². The Labute approximate surface area is 118 Å². The summed E-state index contributed by atoms with van der Waals surface area (Å²) >= 11 is 0. The largest absolute Gasteiger partial charge is 0.492 e. The first kappa shape index (κ1) is 12.5. The number of fused-ring (bicyclic) bond motifs is 1. The second kappa shape index (κ2) is 5.61. The number of pyridine rings is 1. The summed E-state index contributed by atoms with van der Waals surface area (Å²) in [6.45, 7) is 0.599. The number of hydrogen-bond donors (Lipinski definition) is 1. The van der Waals surface area contributed by atoms with Crippen LogP contribution in [0.15, 0.2) is 60.8 Å². The molecule has 100 valence electrons. The summed E-state index contributed by atoms with van der Waals surface area (Å²) in [5.41, 5.74) is 8.81. The summed E-state index contributed by atoms with van der Waals surface area (Å²) in [6.07, 6.45) is 2.57. The third-order valence-electron chi connectivity index (χ3n) is 3.29. The van der Waals surface area contributed by atoms with Gasteiger partial charge in [0.25, 0.3) is 0 Å². The fourth-order valence-corrected chi connectivity index (χ4v) is 2.23. The molecule has 0 aliphatic carbocycles. The van der Waals surface area contributed by atoms with Crippen LogP contribution in [0.2, 0.25) is 0 Å². The highest BCUT2D eigenvalue weighted by atomic mass is 16.5. The molecule has 20 heavy (non-hydrogen) atoms. The minimum Gasteiger partial charge on any atom is -0.492 e. The minimum atomic E-state index is 0.599. The predicted molar refractivity (Wildman–Crippen MR) is 81.8 cm³/mol. The lowest BCUT2D eigenvalue weighted by Gasteiger charge is -2.10. The molecule has 3 rings (SSSR count). The lowest BCUT2D eigenvalue weighted by Crippen LogP contribution is -2.04. The van der Waals surface area contributed by atoms with E-state index in [9.17, 15) is 0 Å². The SMILES string of the molecule is Nc1ccccc1CCOc1ccnc2ccccc12. The fourth-order valence-electron chi connectivity index (χ4n) is 2.23. The predicted octanol–water partition coefficient (Wildman–Crippen LogP) is 3.44. The molecular weight excluding hydrogens is 248 g/mol. The Morgan fingerprint density at radius 2 is 1.75 bits per heavy atom. The number of rotatable bonds is 4. The van der Waals surface area contributed by atoms with Crippen molar-refractivity contribution < 1.29 is 4.74 Å². The summed E-state index contributed by atoms with van der Waals surface area (Å²) in [5, 5.41) is 1.04. The smallest absolute Gasteiger partial charge is 0.130 e. The molecule has 0 aliphatic rings. The molecule has 3 nitrogen and oxygen atoms in total. The van der Waals surface area contributed by atoms with Gasteiger partial charge in [-0.25, -0.2) is 0 Å². The average molecular weight is 264 g/mol. The fraction of sp³-hybridized carbons (Fsp3) is 0.118. The van der Waals surface area contributed by atoms with Gasteiger partial charge in [0.1, 0.15) is 5.75 Å². The molecule has 0 amide bonds. The van der Waals surface area contributed by atoms with Gasteiger partial charge in [-0.1, -0.05) is 30.3 Å². The molecule has 2 N–H and O–H groups in total. The molecule has 0 bridgehead atoms. The standard InChI is InChI=1S/C17H16N2O/c18-15-7-3-1-5-13(15)10-12-20-17-9-11-19-16-8-4-2-6-14(16)17/h1-9,11H,10,12,18H2. The molecule has 0 aliphatic heterocycles. The topological polar surface area (TPSA) is 48.1 Å². The highest BCUT2D eigenvalue weighted by Crippen LogP contribution is 2.23. The van der Waals surface area contributed by atoms with Crippen LogP contribution in [0.5, 0.6) is 5.75 Å². The van der Waals surface area contributed by atoms with Crippen LogP contribution in [0.25, 0.3) is 10.9 Å². The Morgan fingerprint density at radius 1 is 0.950 bits per heavy atom. The van der Waals surface area contributed by atoms with Crippen molar-refractivity contribution in [1.29, 1.82) is 0 Å². The number of para-hydroxylation sites is 2. The van der Waals surface area contributed by atoms with Crippen LogP contribution in [-0.4, -0.2) is 11.6 Å². The first-order valence-corrected chi connectivity index (χ1v) is 6.64. The van der Waals surface area contributed by atoms with Gasteiger partial charge in [0.05, 0.1) is 12.1 Å². The molecule has 0 saturated carbocycles. The van der Waals surface area contributed by atoms with Crippen molar-refractivity contribution in [2.24, 2.45) is 0 Å². The average Bonchev–Trinajstić information content (AvgIpc) is 2.49. The van der Waals surface area contributed by atoms with Crippen LogP contribution < -0.4 is 10.5 Å². The summed E-state index contributed by atoms with van der Waals surface area (Å²) in [5.74, 6) is 0.866. The van der Waals surface area contributed by atoms with E-state index >= 15 is 0 Å². The number of nitrogens with zero attached hydrogens (tertiary/aromatic N) is 1. The van der Waals surface area contributed by atoms with Crippen LogP contribution in [0, 0.1) is 0 Å². The molecule has 0 unspecified atom stereocenters. The Hall–Kier alpha value is -2.55. The van der Waals surface area contributed by atoms with Crippen molar-refractivity contribution in [1.82, 2.24) is 4.98 Å². The summed E-state index contributed by atoms with van der Waals surface area (Å²) in [7, 11) is 0. The zero-order valence-electron chi connectivity index (χ0n) is 11.1. The van der Waals surface area contributed by atoms with E-state index in [0.29, 0.717) is 6.61 Å². The highest BCUT2D eigenvalue weighted by molar-refractivity contribution is 5.84. The van der Waals surface area contributed by atoms with E-state index in [2.05, 4.69) is 4.98 Å². The number of aromatic nitrogens is 1. The van der Waals surface area contributed by atoms with E-state index in [-0.39, 0.29) is 0 Å². The monoisotopic (exact) mass is 264 g/mol. The van der Waals surface area contributed by atoms with E-state index < -0.39 is 0 Å². The quantitative estimate of drug-likeness (QED) is 0.734. The summed E-state index contributed by atoms with van der Waals surface area (Å²) in [6, 6.07) is 17.8. The van der Waals surface area contributed by atoms with Crippen molar-refractivity contribution in [3.63, 3.8) is 0 Å². The molecule has 0 fully saturated rings. The molecule has 0 saturated heterocycles. The number of hydrogen-bond acceptors (Lipinski definition) is 3. The van der Waals surface area contributed by atoms with Gasteiger partial charge in [0, 0.05) is 23.7 Å². The van der Waals surface area contributed by atoms with E-state index in [1.165, 1.54) is 0 Å². The van der Waals surface area contributed by atoms with Gasteiger partial charge < -0.3 is 10.5 Å². The van der Waals surface area contributed by atoms with Crippen molar-refractivity contribution in [3.8, 4) is 5.75 Å². The van der Waals surface area contributed by atoms with Gasteiger partial charge >= 0.3 is 0 Å². The number of nitrogens with two attached hydrogens (primary N) is 1. The minimum absolute atomic E-state index is 0.599. The first-order chi connectivity index (χ1) is 9.84. The third kappa shape index (κ3) is 2.57. The first-order valence-electron chi connectivity index (χ1n) is 6.64. The molecule has 2 aromatic carbocycles. The second-order valence-corrected chi connectivity index (χ2v) is 4.62. The van der Waals surface area contributed by atoms with E-state index in [0.717, 1.165) is 34.3 Å². The zero-order valence-corrected chi connectivity index (χ0v) is 11.1. The molecule has 0 atom stereocenters. The van der Waals surface area contributed by atoms with Gasteiger partial charge in [0.15, 0.2) is 0 Å². The van der Waals surface area contributed by atoms with Gasteiger partial charge in [-0.2, -0.15) is 0 Å². The Morgan fingerprint density at radius 3 is 2.65 bits per heavy atom. The normalized spacial score (nSPS) is 10.6. The second-order valence-electron chi connectivity index (χ2n) is 4.62. The molecule has 1 heterocycles. The van der Waals surface area contributed by atoms with Gasteiger partial charge in [-0.3, -0.25) is 4.98 Å². The maximum absolute atomic E-state index is 5.92. The molecule has 0 spiro atoms. The van der Waals surface area contributed by atoms with Gasteiger partial charge in [-0.15, -0.1) is 0 Å². The van der Waals surface area contributed by atoms with Crippen molar-refractivity contribution in [3.05, 3.63) is 66.4 Å². The highest BCUT2D eigenvalue weighted by Gasteiger charge is 2.03. The number of anilines is 1. The maximum atomic E-state index is 5.92. The summed E-state index contributed by atoms with van der Waals surface area (Å²) < 4.78 is 5.88. The maximum Gasteiger partial charge on any atom is 0.130 e. The molecular formula is C17H16N2O. The molecule has 1 aromatic heterocycles. The Bertz CT molecular complexity index is 720. The van der Waals surface area contributed by atoms with Crippen molar-refractivity contribution >= 4 is 16.6 Å². The van der Waals surface area contributed by atoms with Crippen LogP contribution in [0.1, 0.15) is 5.56 Å². The van der Waals surface area contributed by atoms with E-state index in [1.807, 2.05) is 54.6 Å². The van der Waals surface area contributed by atoms with Gasteiger partial charge in [-0.05, 0) is 29.8 Å². The van der Waals surface area contributed by atoms with Crippen LogP contribution >= 0.6 is 0 Å². The Kier molecular flexibility index (Phi) is 3.50. The van der Waals surface area contributed by atoms with Gasteiger partial charge in [0.2, 0.25) is 0 Å². The number of benzene rings is 2. The Balaban J connectivity index is 1.73. The summed E-state index contributed by atoms with van der Waals surface area (Å²) in [4.78, 5) is 4.32. The zero-order chi connectivity index (χ0) is 13.8. The van der Waals surface area contributed by atoms with Crippen LogP contribution in [0.4, 0.5) is 5.69 Å². The number of ether oxygens (including phenoxy) is 1. The van der Waals surface area contributed by atoms with Crippen molar-refractivity contribution in [2.75, 3.05) is 12.3 Å². The molecule has 3 heteroatoms.